The van der Waals surface area contributed by atoms with Crippen LogP contribution in [-0.4, -0.2) is 64.0 Å². The van der Waals surface area contributed by atoms with Crippen molar-refractivity contribution >= 4 is 17.8 Å². The zero-order chi connectivity index (χ0) is 39.7. The molecule has 0 aromatic heterocycles. The number of fused-ring (bicyclic) bond motifs is 10. The van der Waals surface area contributed by atoms with Crippen LogP contribution in [0.5, 0.6) is 0 Å². The summed E-state index contributed by atoms with van der Waals surface area (Å²) in [5, 5.41) is 14.0. The lowest BCUT2D eigenvalue weighted by atomic mass is 9.79. The Bertz CT molecular complexity index is 1550. The number of nitrogens with one attached hydrogen (secondary N) is 2. The van der Waals surface area contributed by atoms with Gasteiger partial charge in [0.1, 0.15) is 0 Å². The Balaban J connectivity index is 0.000000598. The molecule has 3 saturated carbocycles. The number of nitrogens with zero attached hydrogens (tertiary/aromatic N) is 2. The van der Waals surface area contributed by atoms with Crippen molar-refractivity contribution in [3.8, 4) is 0 Å². The Labute approximate surface area is 335 Å². The van der Waals surface area contributed by atoms with E-state index in [0.29, 0.717) is 36.3 Å². The Morgan fingerprint density at radius 1 is 0.526 bits per heavy atom. The molecule has 2 aromatic rings. The predicted octanol–water partition coefficient (Wildman–Crippen LogP) is 9.34. The van der Waals surface area contributed by atoms with E-state index in [1.807, 2.05) is 0 Å². The minimum absolute atomic E-state index is 0.0816. The van der Waals surface area contributed by atoms with E-state index in [9.17, 15) is 22.8 Å². The van der Waals surface area contributed by atoms with Gasteiger partial charge in [0.05, 0.1) is 0 Å². The first-order valence-corrected chi connectivity index (χ1v) is 22.1. The first-order valence-electron chi connectivity index (χ1n) is 22.1. The third-order valence-corrected chi connectivity index (χ3v) is 15.1. The topological polar surface area (TPSA) is 102 Å². The van der Waals surface area contributed by atoms with Crippen molar-refractivity contribution in [2.45, 2.75) is 158 Å². The molecule has 0 radical (unpaired) electrons. The molecule has 2 aromatic carbocycles. The highest BCUT2D eigenvalue weighted by molar-refractivity contribution is 5.81. The van der Waals surface area contributed by atoms with Crippen LogP contribution in [0.15, 0.2) is 48.5 Å². The lowest BCUT2D eigenvalue weighted by molar-refractivity contribution is -0.192. The van der Waals surface area contributed by atoms with Crippen LogP contribution < -0.4 is 10.6 Å². The number of benzene rings is 2. The molecule has 4 heterocycles. The zero-order valence-corrected chi connectivity index (χ0v) is 33.2. The molecule has 7 aliphatic rings. The molecule has 3 N–H and O–H groups in total. The number of carboxylic acid groups (broad SMARTS) is 1. The van der Waals surface area contributed by atoms with E-state index in [-0.39, 0.29) is 23.7 Å². The summed E-state index contributed by atoms with van der Waals surface area (Å²) in [4.78, 5) is 41.0. The molecule has 9 rings (SSSR count). The number of halogens is 3. The van der Waals surface area contributed by atoms with Crippen LogP contribution in [0.1, 0.15) is 162 Å². The summed E-state index contributed by atoms with van der Waals surface area (Å²) in [5.74, 6) is -0.507. The van der Waals surface area contributed by atoms with Crippen molar-refractivity contribution in [3.05, 3.63) is 70.8 Å². The van der Waals surface area contributed by atoms with Gasteiger partial charge in [-0.1, -0.05) is 48.5 Å². The van der Waals surface area contributed by atoms with Crippen LogP contribution in [0.2, 0.25) is 0 Å². The number of hydrogen-bond donors (Lipinski definition) is 3. The standard InChI is InChI=1S/C44H60N4O2.C2HF3O2/c49-43(45-33-17-9-29(10-18-33)25-27-47-39-21-22-40(47)36-6-2-1-5-35(36)39)31-13-15-32(16-14-31)44(50)46-34-19-11-30(12-20-34)26-28-48-41-23-24-42(48)38-8-4-3-7-37(38)41;3-2(4,5)1(6)7/h1-8,29-34,39-42H,9-28H2,(H,45,49)(H,46,50);(H,6,7)/t29-,30-,31?,32?,33-,34-,39-,40+,41-,42+;. The van der Waals surface area contributed by atoms with Crippen molar-refractivity contribution in [1.82, 2.24) is 20.4 Å². The van der Waals surface area contributed by atoms with Crippen molar-refractivity contribution in [3.63, 3.8) is 0 Å². The summed E-state index contributed by atoms with van der Waals surface area (Å²) in [6, 6.07) is 21.5. The molecule has 5 fully saturated rings. The van der Waals surface area contributed by atoms with Crippen LogP contribution in [0.3, 0.4) is 0 Å². The van der Waals surface area contributed by atoms with Crippen LogP contribution >= 0.6 is 0 Å². The number of rotatable bonds is 10. The van der Waals surface area contributed by atoms with Gasteiger partial charge in [0.25, 0.3) is 0 Å². The van der Waals surface area contributed by atoms with Gasteiger partial charge in [0.2, 0.25) is 11.8 Å². The summed E-state index contributed by atoms with van der Waals surface area (Å²) in [6.45, 7) is 2.44. The monoisotopic (exact) mass is 790 g/mol. The maximum Gasteiger partial charge on any atom is 0.490 e. The molecular formula is C46H61F3N4O4. The fourth-order valence-electron chi connectivity index (χ4n) is 12.0. The van der Waals surface area contributed by atoms with E-state index in [4.69, 9.17) is 9.90 Å². The second-order valence-corrected chi connectivity index (χ2v) is 18.3. The first kappa shape index (κ1) is 40.3. The number of alkyl halides is 3. The molecule has 310 valence electrons. The fraction of sp³-hybridized carbons (Fsp3) is 0.674. The van der Waals surface area contributed by atoms with Crippen molar-refractivity contribution < 1.29 is 32.7 Å². The Morgan fingerprint density at radius 3 is 1.11 bits per heavy atom. The molecule has 4 bridgehead atoms. The zero-order valence-electron chi connectivity index (χ0n) is 33.2. The highest BCUT2D eigenvalue weighted by Crippen LogP contribution is 2.54. The molecule has 4 atom stereocenters. The molecule has 2 saturated heterocycles. The third kappa shape index (κ3) is 8.94. The second-order valence-electron chi connectivity index (χ2n) is 18.3. The highest BCUT2D eigenvalue weighted by Gasteiger charge is 2.45. The molecule has 3 aliphatic carbocycles. The van der Waals surface area contributed by atoms with Crippen molar-refractivity contribution in [2.75, 3.05) is 13.1 Å². The largest absolute Gasteiger partial charge is 0.490 e. The number of carboxylic acids is 1. The summed E-state index contributed by atoms with van der Waals surface area (Å²) in [7, 11) is 0. The predicted molar refractivity (Wildman–Crippen MR) is 212 cm³/mol. The lowest BCUT2D eigenvalue weighted by Gasteiger charge is -2.34. The third-order valence-electron chi connectivity index (χ3n) is 15.1. The number of aliphatic carboxylic acids is 1. The molecular weight excluding hydrogens is 730 g/mol. The van der Waals surface area contributed by atoms with Gasteiger partial charge in [-0.2, -0.15) is 13.2 Å². The van der Waals surface area contributed by atoms with E-state index in [1.54, 1.807) is 22.3 Å². The molecule has 57 heavy (non-hydrogen) atoms. The Morgan fingerprint density at radius 2 is 0.825 bits per heavy atom. The smallest absolute Gasteiger partial charge is 0.475 e. The molecule has 0 unspecified atom stereocenters. The van der Waals surface area contributed by atoms with Gasteiger partial charge in [-0.25, -0.2) is 4.79 Å². The van der Waals surface area contributed by atoms with Gasteiger partial charge < -0.3 is 15.7 Å². The number of amides is 2. The minimum Gasteiger partial charge on any atom is -0.475 e. The molecule has 4 aliphatic heterocycles. The summed E-state index contributed by atoms with van der Waals surface area (Å²) in [6.07, 6.45) is 15.7. The van der Waals surface area contributed by atoms with Gasteiger partial charge in [-0.05, 0) is 163 Å². The van der Waals surface area contributed by atoms with Gasteiger partial charge in [-0.15, -0.1) is 0 Å². The minimum atomic E-state index is -5.08. The van der Waals surface area contributed by atoms with Gasteiger partial charge in [-0.3, -0.25) is 19.4 Å². The van der Waals surface area contributed by atoms with E-state index in [1.165, 1.54) is 77.3 Å². The maximum absolute atomic E-state index is 13.3. The van der Waals surface area contributed by atoms with Gasteiger partial charge >= 0.3 is 12.1 Å². The maximum atomic E-state index is 13.3. The van der Waals surface area contributed by atoms with E-state index in [0.717, 1.165) is 63.2 Å². The summed E-state index contributed by atoms with van der Waals surface area (Å²) < 4.78 is 31.7. The van der Waals surface area contributed by atoms with Crippen LogP contribution in [-0.2, 0) is 14.4 Å². The molecule has 0 spiro atoms. The number of carbonyl (C=O) groups is 3. The van der Waals surface area contributed by atoms with Crippen LogP contribution in [0.25, 0.3) is 0 Å². The molecule has 2 amide bonds. The Hall–Kier alpha value is -3.44. The highest BCUT2D eigenvalue weighted by atomic mass is 19.4. The second kappa shape index (κ2) is 17.4. The van der Waals surface area contributed by atoms with E-state index >= 15 is 0 Å². The van der Waals surface area contributed by atoms with Gasteiger partial charge in [0.15, 0.2) is 0 Å². The van der Waals surface area contributed by atoms with Crippen LogP contribution in [0, 0.1) is 23.7 Å². The summed E-state index contributed by atoms with van der Waals surface area (Å²) >= 11 is 0. The van der Waals surface area contributed by atoms with Crippen LogP contribution in [0.4, 0.5) is 13.2 Å². The van der Waals surface area contributed by atoms with E-state index < -0.39 is 12.1 Å². The molecule has 11 heteroatoms. The average Bonchev–Trinajstić information content (AvgIpc) is 3.98. The average molecular weight is 791 g/mol. The lowest BCUT2D eigenvalue weighted by Crippen LogP contribution is -2.44. The first-order chi connectivity index (χ1) is 27.5. The normalized spacial score (nSPS) is 33.2. The number of hydrogen-bond acceptors (Lipinski definition) is 5. The van der Waals surface area contributed by atoms with Crippen molar-refractivity contribution in [2.24, 2.45) is 23.7 Å². The van der Waals surface area contributed by atoms with Gasteiger partial charge in [0, 0.05) is 48.1 Å². The summed E-state index contributed by atoms with van der Waals surface area (Å²) in [5.41, 5.74) is 6.35. The number of carbonyl (C=O) groups excluding carboxylic acids is 2. The SMILES string of the molecule is O=C(N[C@H]1CC[C@H](CCN2[C@@H]3CC[C@H]2c2ccccc23)CC1)C1CCC(C(=O)N[C@H]2CC[C@H](CCN3[C@@H]4CC[C@H]3c3ccccc34)CC2)CC1.O=C(O)C(F)(F)F. The van der Waals surface area contributed by atoms with Crippen molar-refractivity contribution in [1.29, 1.82) is 0 Å². The quantitative estimate of drug-likeness (QED) is 0.222. The fourth-order valence-corrected chi connectivity index (χ4v) is 12.0. The Kier molecular flexibility index (Phi) is 12.3. The molecule has 8 nitrogen and oxygen atoms in total. The van der Waals surface area contributed by atoms with E-state index in [2.05, 4.69) is 69.0 Å².